The molecule has 7 saturated carbocycles. The Morgan fingerprint density at radius 2 is 1.56 bits per heavy atom. The standard InChI is InChI=1S/C81H96O7/c1-52(19-16-22-53-20-6-4-7-21-53)31-34-66(82)81-67(83)36-41-75(3,73(81)65-48-74(2,37-12-11-30-68(84)88-65)80(81,86)42-35-54-43-69(85)87-49-54)62-44-63-59-28-18-23-55-32-33-60-61-29-10-13-40-78(61,57-25-8-5-9-26-57)47-64-72(71(60)70(55)59)79(63)45-56(62)24-17-27-58-46-77(64,51-79)50-76(58)38-14-15-39-76/h4-9,18,20-21,23,25-26,28,32-33,43,52,56,58,61-67,72-73,82-83,86H,10-11,13-16,19,22,27,29-31,34-36,38-42,44-51H2,1-3H3/t52-,56+,58-,61-,62-,63+,64-,65-,66+,67+,72+,73+,74+,75+,77-,78-,79-,80-,81+/m1/s1. The van der Waals surface area contributed by atoms with Crippen LogP contribution in [0.25, 0.3) is 10.8 Å². The Kier molecular flexibility index (Phi) is 14.0. The van der Waals surface area contributed by atoms with E-state index in [1.807, 2.05) is 6.92 Å². The van der Waals surface area contributed by atoms with Gasteiger partial charge in [0, 0.05) is 42.6 Å². The minimum Gasteiger partial charge on any atom is -0.462 e. The number of hydrogen-bond donors (Lipinski definition) is 3. The Hall–Kier alpha value is -5.18. The summed E-state index contributed by atoms with van der Waals surface area (Å²) in [5, 5.41) is 45.8. The Morgan fingerprint density at radius 1 is 0.750 bits per heavy atom. The number of benzene rings is 4. The van der Waals surface area contributed by atoms with Gasteiger partial charge in [-0.2, -0.15) is 0 Å². The summed E-state index contributed by atoms with van der Waals surface area (Å²) < 4.78 is 12.6. The van der Waals surface area contributed by atoms with Crippen LogP contribution >= 0.6 is 0 Å². The number of fused-ring (bicyclic) bond motifs is 10. The Labute approximate surface area is 524 Å². The third-order valence-corrected chi connectivity index (χ3v) is 28.7. The predicted molar refractivity (Wildman–Crippen MR) is 344 cm³/mol. The van der Waals surface area contributed by atoms with Crippen LogP contribution in [-0.4, -0.2) is 57.8 Å². The van der Waals surface area contributed by atoms with E-state index >= 15 is 0 Å². The summed E-state index contributed by atoms with van der Waals surface area (Å²) in [5.74, 6) is 16.7. The highest BCUT2D eigenvalue weighted by atomic mass is 16.5. The Morgan fingerprint density at radius 3 is 2.36 bits per heavy atom. The van der Waals surface area contributed by atoms with Gasteiger partial charge in [0.1, 0.15) is 12.7 Å². The molecule has 7 heteroatoms. The lowest BCUT2D eigenvalue weighted by Gasteiger charge is -2.72. The maximum atomic E-state index is 15.0. The SMILES string of the molecule is C[C@H](CCCc1ccccc1)CC[C@H](O)[C@]12[C@@H](O)CC[C@@](C)([C@@H]3C[C@H]4c5cccc6ccc7c(c56)[C@@H]5[C@@H](C[C@@]6(c8ccccc8)CCCC[C@H]76)[C@@]67C[C@@H](CC#C[C@H]3C[C@]54C6)C3(CCCC3)C7)[C@@H]1[C@H]1C[C@](C)(C#CCCC(=O)O1)[C@]2(O)CCC1=CC(=O)OC1. The average molecular weight is 1180 g/mol. The molecule has 7 fully saturated rings. The summed E-state index contributed by atoms with van der Waals surface area (Å²) in [5.41, 5.74) is 3.92. The summed E-state index contributed by atoms with van der Waals surface area (Å²) in [6.07, 6.45) is 23.2. The van der Waals surface area contributed by atoms with E-state index < -0.39 is 46.1 Å². The van der Waals surface area contributed by atoms with Gasteiger partial charge in [-0.15, -0.1) is 11.8 Å². The van der Waals surface area contributed by atoms with Gasteiger partial charge >= 0.3 is 11.9 Å². The lowest BCUT2D eigenvalue weighted by molar-refractivity contribution is -0.340. The van der Waals surface area contributed by atoms with Gasteiger partial charge in [0.2, 0.25) is 0 Å². The number of hydrogen-bond acceptors (Lipinski definition) is 7. The molecule has 16 rings (SSSR count). The molecule has 2 aliphatic heterocycles. The maximum Gasteiger partial charge on any atom is 0.331 e. The topological polar surface area (TPSA) is 113 Å². The average Bonchev–Trinajstić information content (AvgIpc) is 1.22. The van der Waals surface area contributed by atoms with Crippen LogP contribution in [0.3, 0.4) is 0 Å². The first-order valence-corrected chi connectivity index (χ1v) is 35.4. The molecule has 0 radical (unpaired) electrons. The molecule has 7 nitrogen and oxygen atoms in total. The van der Waals surface area contributed by atoms with Gasteiger partial charge in [0.25, 0.3) is 0 Å². The van der Waals surface area contributed by atoms with Crippen LogP contribution < -0.4 is 0 Å². The van der Waals surface area contributed by atoms with Crippen molar-refractivity contribution in [2.45, 2.75) is 241 Å². The number of aliphatic hydroxyl groups excluding tert-OH is 2. The summed E-state index contributed by atoms with van der Waals surface area (Å²) in [7, 11) is 0. The highest BCUT2D eigenvalue weighted by Crippen LogP contribution is 2.84. The fourth-order valence-corrected chi connectivity index (χ4v) is 25.5. The molecule has 0 saturated heterocycles. The Bertz CT molecular complexity index is 3580. The molecule has 0 aromatic heterocycles. The molecular formula is C81H96O7. The van der Waals surface area contributed by atoms with Crippen molar-refractivity contribution in [2.75, 3.05) is 6.61 Å². The second-order valence-electron chi connectivity index (χ2n) is 32.5. The van der Waals surface area contributed by atoms with Crippen LogP contribution in [-0.2, 0) is 30.9 Å². The van der Waals surface area contributed by atoms with E-state index in [4.69, 9.17) is 9.47 Å². The van der Waals surface area contributed by atoms with Crippen molar-refractivity contribution in [3.05, 3.63) is 130 Å². The molecule has 462 valence electrons. The van der Waals surface area contributed by atoms with Crippen LogP contribution in [0.15, 0.2) is 103 Å². The molecule has 10 aliphatic carbocycles. The van der Waals surface area contributed by atoms with Gasteiger partial charge in [-0.3, -0.25) is 4.79 Å². The van der Waals surface area contributed by atoms with Gasteiger partial charge in [0.05, 0.1) is 35.1 Å². The normalized spacial score (nSPS) is 41.7. The van der Waals surface area contributed by atoms with Crippen LogP contribution in [0, 0.1) is 91.7 Å². The summed E-state index contributed by atoms with van der Waals surface area (Å²) in [4.78, 5) is 27.4. The van der Waals surface area contributed by atoms with Crippen molar-refractivity contribution >= 4 is 22.7 Å². The van der Waals surface area contributed by atoms with Crippen LogP contribution in [0.1, 0.15) is 233 Å². The number of esters is 2. The number of rotatable bonds is 13. The summed E-state index contributed by atoms with van der Waals surface area (Å²) >= 11 is 0. The lowest BCUT2D eigenvalue weighted by atomic mass is 9.34. The molecule has 12 aliphatic rings. The first-order valence-electron chi connectivity index (χ1n) is 35.4. The number of aryl methyl sites for hydroxylation is 1. The van der Waals surface area contributed by atoms with Crippen molar-refractivity contribution in [3.63, 3.8) is 0 Å². The van der Waals surface area contributed by atoms with Crippen LogP contribution in [0.2, 0.25) is 0 Å². The lowest BCUT2D eigenvalue weighted by Crippen LogP contribution is -2.79. The molecule has 6 bridgehead atoms. The summed E-state index contributed by atoms with van der Waals surface area (Å²) in [6.45, 7) is 6.93. The minimum absolute atomic E-state index is 0.00497. The van der Waals surface area contributed by atoms with E-state index in [-0.39, 0.29) is 77.7 Å². The van der Waals surface area contributed by atoms with Gasteiger partial charge < -0.3 is 24.8 Å². The van der Waals surface area contributed by atoms with Crippen LogP contribution in [0.5, 0.6) is 0 Å². The molecule has 0 unspecified atom stereocenters. The zero-order valence-corrected chi connectivity index (χ0v) is 52.9. The number of carbonyl (C=O) groups excluding carboxylic acids is 2. The minimum atomic E-state index is -1.79. The predicted octanol–water partition coefficient (Wildman–Crippen LogP) is 16.1. The number of ether oxygens (including phenoxy) is 2. The smallest absolute Gasteiger partial charge is 0.331 e. The van der Waals surface area contributed by atoms with E-state index in [0.717, 1.165) is 44.1 Å². The van der Waals surface area contributed by atoms with E-state index in [0.29, 0.717) is 67.6 Å². The largest absolute Gasteiger partial charge is 0.462 e. The zero-order chi connectivity index (χ0) is 60.1. The quantitative estimate of drug-likeness (QED) is 0.0903. The van der Waals surface area contributed by atoms with Gasteiger partial charge in [0.15, 0.2) is 0 Å². The summed E-state index contributed by atoms with van der Waals surface area (Å²) in [6, 6.07) is 35.1. The van der Waals surface area contributed by atoms with Gasteiger partial charge in [-0.25, -0.2) is 4.79 Å². The fourth-order valence-electron chi connectivity index (χ4n) is 25.5. The highest BCUT2D eigenvalue weighted by molar-refractivity contribution is 5.93. The molecular weight excluding hydrogens is 1080 g/mol. The van der Waals surface area contributed by atoms with Gasteiger partial charge in [-0.05, 0) is 230 Å². The molecule has 4 aromatic carbocycles. The van der Waals surface area contributed by atoms with E-state index in [1.54, 1.807) is 28.2 Å². The fraction of sp³-hybridized carbons (Fsp3) is 0.630. The second-order valence-corrected chi connectivity index (χ2v) is 32.5. The van der Waals surface area contributed by atoms with Crippen molar-refractivity contribution in [1.82, 2.24) is 0 Å². The number of cyclic esters (lactones) is 1. The molecule has 3 spiro atoms. The maximum absolute atomic E-state index is 15.0. The molecule has 19 atom stereocenters. The zero-order valence-electron chi connectivity index (χ0n) is 52.9. The van der Waals surface area contributed by atoms with E-state index in [2.05, 4.69) is 129 Å². The van der Waals surface area contributed by atoms with E-state index in [9.17, 15) is 24.9 Å². The first kappa shape index (κ1) is 57.9. The molecule has 0 amide bonds. The monoisotopic (exact) mass is 1180 g/mol. The highest BCUT2D eigenvalue weighted by Gasteiger charge is 2.80. The molecule has 2 heterocycles. The second kappa shape index (κ2) is 21.2. The molecule has 88 heavy (non-hydrogen) atoms. The van der Waals surface area contributed by atoms with Crippen molar-refractivity contribution in [2.24, 2.45) is 68.0 Å². The van der Waals surface area contributed by atoms with Crippen LogP contribution in [0.4, 0.5) is 0 Å². The van der Waals surface area contributed by atoms with E-state index in [1.165, 1.54) is 93.6 Å². The first-order chi connectivity index (χ1) is 42.6. The molecule has 3 N–H and O–H groups in total. The van der Waals surface area contributed by atoms with Crippen molar-refractivity contribution in [3.8, 4) is 23.7 Å². The number of aliphatic hydroxyl groups is 3. The molecule has 4 aromatic rings. The van der Waals surface area contributed by atoms with Gasteiger partial charge in [-0.1, -0.05) is 149 Å². The number of carbonyl (C=O) groups is 2. The third kappa shape index (κ3) is 8.32. The van der Waals surface area contributed by atoms with Crippen molar-refractivity contribution < 1.29 is 34.4 Å². The van der Waals surface area contributed by atoms with Crippen molar-refractivity contribution in [1.29, 1.82) is 0 Å². The third-order valence-electron chi connectivity index (χ3n) is 28.7. The Balaban J connectivity index is 0.881.